The highest BCUT2D eigenvalue weighted by Gasteiger charge is 2.11. The van der Waals surface area contributed by atoms with Gasteiger partial charge in [0, 0.05) is 0 Å². The summed E-state index contributed by atoms with van der Waals surface area (Å²) in [5.74, 6) is 1.20. The fourth-order valence-corrected chi connectivity index (χ4v) is 3.26. The molecule has 0 unspecified atom stereocenters. The molecule has 1 N–H and O–H groups in total. The van der Waals surface area contributed by atoms with Crippen molar-refractivity contribution in [2.45, 2.75) is 6.92 Å². The van der Waals surface area contributed by atoms with Crippen molar-refractivity contribution in [3.05, 3.63) is 66.4 Å². The Morgan fingerprint density at radius 2 is 2.04 bits per heavy atom. The van der Waals surface area contributed by atoms with E-state index in [2.05, 4.69) is 32.7 Å². The monoisotopic (exact) mass is 465 g/mol. The van der Waals surface area contributed by atoms with Gasteiger partial charge in [0.1, 0.15) is 0 Å². The predicted molar refractivity (Wildman–Crippen MR) is 109 cm³/mol. The maximum absolute atomic E-state index is 12.5. The lowest BCUT2D eigenvalue weighted by atomic mass is 10.2. The Labute approximate surface area is 162 Å². The van der Waals surface area contributed by atoms with E-state index in [9.17, 15) is 9.59 Å². The molecule has 0 saturated heterocycles. The molecule has 0 aliphatic heterocycles. The number of ether oxygens (including phenoxy) is 2. The summed E-state index contributed by atoms with van der Waals surface area (Å²) in [5, 5.41) is 4.45. The number of H-pyrrole nitrogens is 1. The molecule has 0 bridgehead atoms. The molecule has 2 aromatic carbocycles. The molecule has 0 radical (unpaired) electrons. The van der Waals surface area contributed by atoms with Gasteiger partial charge in [0.25, 0.3) is 5.56 Å². The van der Waals surface area contributed by atoms with Gasteiger partial charge < -0.3 is 14.5 Å². The maximum atomic E-state index is 12.5. The first-order chi connectivity index (χ1) is 12.5. The van der Waals surface area contributed by atoms with Crippen LogP contribution in [0.25, 0.3) is 10.9 Å². The van der Waals surface area contributed by atoms with Gasteiger partial charge in [0.15, 0.2) is 11.5 Å². The van der Waals surface area contributed by atoms with E-state index in [-0.39, 0.29) is 0 Å². The molecule has 0 amide bonds. The first kappa shape index (κ1) is 18.2. The number of aromatic nitrogens is 2. The zero-order valence-corrected chi connectivity index (χ0v) is 16.3. The van der Waals surface area contributed by atoms with E-state index >= 15 is 0 Å². The Hall–Kier alpha value is -2.62. The second kappa shape index (κ2) is 7.73. The lowest BCUT2D eigenvalue weighted by Gasteiger charge is -2.12. The summed E-state index contributed by atoms with van der Waals surface area (Å²) in [4.78, 5) is 27.3. The van der Waals surface area contributed by atoms with Crippen LogP contribution in [0.1, 0.15) is 12.5 Å². The number of aromatic amines is 1. The molecule has 3 rings (SSSR count). The second-order valence-electron chi connectivity index (χ2n) is 5.30. The lowest BCUT2D eigenvalue weighted by molar-refractivity contribution is 0.308. The summed E-state index contributed by atoms with van der Waals surface area (Å²) in [6, 6.07) is 10.4. The third kappa shape index (κ3) is 3.50. The van der Waals surface area contributed by atoms with E-state index in [0.29, 0.717) is 34.6 Å². The summed E-state index contributed by atoms with van der Waals surface area (Å²) < 4.78 is 12.6. The molecular weight excluding hydrogens is 449 g/mol. The van der Waals surface area contributed by atoms with Gasteiger partial charge >= 0.3 is 5.69 Å². The number of nitrogens with zero attached hydrogens (tertiary/aromatic N) is 2. The first-order valence-corrected chi connectivity index (χ1v) is 8.91. The zero-order chi connectivity index (χ0) is 18.7. The van der Waals surface area contributed by atoms with Crippen LogP contribution in [0.3, 0.4) is 0 Å². The van der Waals surface area contributed by atoms with Gasteiger partial charge in [0.2, 0.25) is 0 Å². The molecule has 0 atom stereocenters. The fourth-order valence-electron chi connectivity index (χ4n) is 2.48. The summed E-state index contributed by atoms with van der Waals surface area (Å²) in [5.41, 5.74) is 0.0751. The van der Waals surface area contributed by atoms with Gasteiger partial charge in [-0.05, 0) is 59.3 Å². The highest BCUT2D eigenvalue weighted by atomic mass is 127. The van der Waals surface area contributed by atoms with Crippen LogP contribution in [0.4, 0.5) is 0 Å². The Balaban J connectivity index is 2.06. The SMILES string of the molecule is CCOc1c(I)cc(C=Nn2c(=O)[nH]c3ccccc3c2=O)cc1OC. The maximum Gasteiger partial charge on any atom is 0.349 e. The van der Waals surface area contributed by atoms with Gasteiger partial charge in [-0.3, -0.25) is 4.79 Å². The fraction of sp³-hybridized carbons (Fsp3) is 0.167. The standard InChI is InChI=1S/C18H16IN3O4/c1-3-26-16-13(19)8-11(9-15(16)25-2)10-20-22-17(23)12-6-4-5-7-14(12)21-18(22)24/h4-10H,3H2,1-2H3,(H,21,24). The smallest absolute Gasteiger partial charge is 0.349 e. The largest absolute Gasteiger partial charge is 0.493 e. The molecule has 0 spiro atoms. The van der Waals surface area contributed by atoms with Crippen molar-refractivity contribution in [1.29, 1.82) is 0 Å². The minimum atomic E-state index is -0.599. The van der Waals surface area contributed by atoms with Crippen molar-refractivity contribution < 1.29 is 9.47 Å². The molecule has 0 fully saturated rings. The zero-order valence-electron chi connectivity index (χ0n) is 14.2. The third-order valence-corrected chi connectivity index (χ3v) is 4.45. The third-order valence-electron chi connectivity index (χ3n) is 3.65. The molecule has 134 valence electrons. The minimum absolute atomic E-state index is 0.392. The summed E-state index contributed by atoms with van der Waals surface area (Å²) >= 11 is 2.13. The second-order valence-corrected chi connectivity index (χ2v) is 6.47. The summed E-state index contributed by atoms with van der Waals surface area (Å²) in [7, 11) is 1.55. The Bertz CT molecular complexity index is 1100. The minimum Gasteiger partial charge on any atom is -0.493 e. The first-order valence-electron chi connectivity index (χ1n) is 7.84. The number of hydrogen-bond donors (Lipinski definition) is 1. The molecule has 8 heteroatoms. The van der Waals surface area contributed by atoms with Crippen molar-refractivity contribution in [2.75, 3.05) is 13.7 Å². The summed E-state index contributed by atoms with van der Waals surface area (Å²) in [6.45, 7) is 2.41. The van der Waals surface area contributed by atoms with Crippen LogP contribution in [0.5, 0.6) is 11.5 Å². The van der Waals surface area contributed by atoms with Crippen LogP contribution in [-0.4, -0.2) is 29.6 Å². The molecule has 0 aliphatic carbocycles. The number of rotatable bonds is 5. The van der Waals surface area contributed by atoms with Crippen molar-refractivity contribution in [2.24, 2.45) is 5.10 Å². The lowest BCUT2D eigenvalue weighted by Crippen LogP contribution is -2.32. The molecular formula is C18H16IN3O4. The van der Waals surface area contributed by atoms with Crippen LogP contribution in [0.15, 0.2) is 51.1 Å². The van der Waals surface area contributed by atoms with Gasteiger partial charge in [-0.15, -0.1) is 4.68 Å². The number of para-hydroxylation sites is 1. The molecule has 3 aromatic rings. The van der Waals surface area contributed by atoms with Gasteiger partial charge in [-0.25, -0.2) is 4.79 Å². The number of hydrogen-bond acceptors (Lipinski definition) is 5. The number of fused-ring (bicyclic) bond motifs is 1. The Morgan fingerprint density at radius 3 is 2.77 bits per heavy atom. The number of halogens is 1. The Kier molecular flexibility index (Phi) is 5.40. The highest BCUT2D eigenvalue weighted by molar-refractivity contribution is 14.1. The van der Waals surface area contributed by atoms with Crippen LogP contribution in [0, 0.1) is 3.57 Å². The average molecular weight is 465 g/mol. The van der Waals surface area contributed by atoms with E-state index in [1.165, 1.54) is 6.21 Å². The van der Waals surface area contributed by atoms with Crippen molar-refractivity contribution in [1.82, 2.24) is 9.66 Å². The van der Waals surface area contributed by atoms with Crippen LogP contribution < -0.4 is 20.7 Å². The van der Waals surface area contributed by atoms with Crippen LogP contribution >= 0.6 is 22.6 Å². The van der Waals surface area contributed by atoms with Gasteiger partial charge in [0.05, 0.1) is 34.4 Å². The quantitative estimate of drug-likeness (QED) is 0.464. The molecule has 1 aromatic heterocycles. The van der Waals surface area contributed by atoms with E-state index in [4.69, 9.17) is 9.47 Å². The Morgan fingerprint density at radius 1 is 1.27 bits per heavy atom. The normalized spacial score (nSPS) is 11.2. The van der Waals surface area contributed by atoms with E-state index < -0.39 is 11.2 Å². The van der Waals surface area contributed by atoms with E-state index in [1.807, 2.05) is 13.0 Å². The predicted octanol–water partition coefficient (Wildman–Crippen LogP) is 2.58. The van der Waals surface area contributed by atoms with Crippen molar-refractivity contribution in [3.8, 4) is 11.5 Å². The average Bonchev–Trinajstić information content (AvgIpc) is 2.63. The van der Waals surface area contributed by atoms with Crippen LogP contribution in [-0.2, 0) is 0 Å². The van der Waals surface area contributed by atoms with E-state index in [0.717, 1.165) is 8.25 Å². The molecule has 26 heavy (non-hydrogen) atoms. The molecule has 7 nitrogen and oxygen atoms in total. The summed E-state index contributed by atoms with van der Waals surface area (Å²) in [6.07, 6.45) is 1.44. The molecule has 1 heterocycles. The number of nitrogens with one attached hydrogen (secondary N) is 1. The molecule has 0 saturated carbocycles. The van der Waals surface area contributed by atoms with Gasteiger partial charge in [-0.1, -0.05) is 12.1 Å². The highest BCUT2D eigenvalue weighted by Crippen LogP contribution is 2.33. The van der Waals surface area contributed by atoms with Gasteiger partial charge in [-0.2, -0.15) is 5.10 Å². The van der Waals surface area contributed by atoms with Crippen molar-refractivity contribution in [3.63, 3.8) is 0 Å². The number of methoxy groups -OCH3 is 1. The topological polar surface area (TPSA) is 85.7 Å². The van der Waals surface area contributed by atoms with E-state index in [1.54, 1.807) is 37.4 Å². The van der Waals surface area contributed by atoms with Crippen molar-refractivity contribution >= 4 is 39.7 Å². The van der Waals surface area contributed by atoms with Crippen LogP contribution in [0.2, 0.25) is 0 Å². The molecule has 0 aliphatic rings. The number of benzene rings is 2.